The average Bonchev–Trinajstić information content (AvgIpc) is 3.09. The number of rotatable bonds is 15. The Morgan fingerprint density at radius 1 is 0.583 bits per heavy atom. The molecule has 2 aliphatic rings. The summed E-state index contributed by atoms with van der Waals surface area (Å²) in [6, 6.07) is 9.47. The summed E-state index contributed by atoms with van der Waals surface area (Å²) < 4.78 is 33.6. The summed E-state index contributed by atoms with van der Waals surface area (Å²) in [5.41, 5.74) is 1.38. The summed E-state index contributed by atoms with van der Waals surface area (Å²) in [5, 5.41) is 102. The van der Waals surface area contributed by atoms with E-state index < -0.39 is 86.5 Å². The molecule has 0 aromatic heterocycles. The molecule has 0 saturated carbocycles. The number of aliphatic hydroxyl groups is 8. The first kappa shape index (κ1) is 38.0. The Kier molecular flexibility index (Phi) is 13.6. The molecular weight excluding hydrogens is 640 g/mol. The summed E-state index contributed by atoms with van der Waals surface area (Å²) >= 11 is 0. The van der Waals surface area contributed by atoms with E-state index in [0.717, 1.165) is 0 Å². The Hall–Kier alpha value is -2.84. The molecule has 2 saturated heterocycles. The van der Waals surface area contributed by atoms with Crippen molar-refractivity contribution >= 4 is 0 Å². The number of phenols is 2. The van der Waals surface area contributed by atoms with Crippen molar-refractivity contribution in [3.05, 3.63) is 47.5 Å². The standard InChI is InChI=1S/C32H46O16/c1-43-21-9-15(3-5-19(21)35)7-17(13-45-31-29(41)27(39)25(37)23(11-33)47-31)18(8-16-4-6-20(36)22(10-16)44-2)14-46-32-30(42)28(40)26(38)24(12-34)48-32/h3-6,9-10,17-18,23-42H,7-8,11-14H2,1-2H3/t17-,18-,23?,24?,25?,26?,27?,28?,29?,30?,31?,32?/m0/s1. The molecule has 12 atom stereocenters. The second-order valence-electron chi connectivity index (χ2n) is 12.0. The van der Waals surface area contributed by atoms with Crippen LogP contribution in [0, 0.1) is 11.8 Å². The van der Waals surface area contributed by atoms with Gasteiger partial charge in [0.15, 0.2) is 35.6 Å². The third kappa shape index (κ3) is 8.84. The molecule has 10 unspecified atom stereocenters. The van der Waals surface area contributed by atoms with Crippen LogP contribution in [0.2, 0.25) is 0 Å². The van der Waals surface area contributed by atoms with Gasteiger partial charge < -0.3 is 79.5 Å². The molecule has 10 N–H and O–H groups in total. The molecule has 4 rings (SSSR count). The highest BCUT2D eigenvalue weighted by Crippen LogP contribution is 2.34. The fourth-order valence-electron chi connectivity index (χ4n) is 5.87. The fraction of sp³-hybridized carbons (Fsp3) is 0.625. The number of ether oxygens (including phenoxy) is 6. The highest BCUT2D eigenvalue weighted by molar-refractivity contribution is 5.43. The first-order chi connectivity index (χ1) is 22.9. The molecule has 0 spiro atoms. The van der Waals surface area contributed by atoms with E-state index in [9.17, 15) is 51.1 Å². The van der Waals surface area contributed by atoms with Crippen LogP contribution in [0.25, 0.3) is 0 Å². The summed E-state index contributed by atoms with van der Waals surface area (Å²) in [5.74, 6) is -0.854. The number of aliphatic hydroxyl groups excluding tert-OH is 8. The fourth-order valence-corrected chi connectivity index (χ4v) is 5.87. The molecule has 2 heterocycles. The minimum Gasteiger partial charge on any atom is -0.504 e. The largest absolute Gasteiger partial charge is 0.504 e. The maximum absolute atomic E-state index is 10.6. The predicted octanol–water partition coefficient (Wildman–Crippen LogP) is -2.23. The third-order valence-corrected chi connectivity index (χ3v) is 8.80. The number of hydrogen-bond donors (Lipinski definition) is 10. The Bertz CT molecular complexity index is 1200. The van der Waals surface area contributed by atoms with Crippen molar-refractivity contribution in [2.24, 2.45) is 11.8 Å². The molecule has 16 heteroatoms. The van der Waals surface area contributed by atoms with Gasteiger partial charge in [-0.3, -0.25) is 0 Å². The van der Waals surface area contributed by atoms with Gasteiger partial charge in [-0.05, 0) is 60.1 Å². The lowest BCUT2D eigenvalue weighted by Gasteiger charge is -2.41. The molecule has 270 valence electrons. The Labute approximate surface area is 276 Å². The molecule has 0 bridgehead atoms. The highest BCUT2D eigenvalue weighted by atomic mass is 16.7. The van der Waals surface area contributed by atoms with E-state index in [1.165, 1.54) is 26.4 Å². The minimum absolute atomic E-state index is 0.0888. The third-order valence-electron chi connectivity index (χ3n) is 8.80. The van der Waals surface area contributed by atoms with Crippen molar-refractivity contribution in [1.82, 2.24) is 0 Å². The van der Waals surface area contributed by atoms with Gasteiger partial charge in [0.1, 0.15) is 48.8 Å². The van der Waals surface area contributed by atoms with Gasteiger partial charge in [-0.25, -0.2) is 0 Å². The molecule has 2 fully saturated rings. The van der Waals surface area contributed by atoms with Gasteiger partial charge in [0.2, 0.25) is 0 Å². The van der Waals surface area contributed by atoms with Crippen LogP contribution in [-0.4, -0.2) is 153 Å². The van der Waals surface area contributed by atoms with Crippen molar-refractivity contribution in [3.63, 3.8) is 0 Å². The van der Waals surface area contributed by atoms with Crippen LogP contribution in [0.5, 0.6) is 23.0 Å². The van der Waals surface area contributed by atoms with E-state index in [4.69, 9.17) is 28.4 Å². The smallest absolute Gasteiger partial charge is 0.186 e. The van der Waals surface area contributed by atoms with Gasteiger partial charge >= 0.3 is 0 Å². The average molecular weight is 687 g/mol. The van der Waals surface area contributed by atoms with Crippen LogP contribution in [0.3, 0.4) is 0 Å². The minimum atomic E-state index is -1.67. The molecule has 2 aromatic carbocycles. The van der Waals surface area contributed by atoms with Crippen LogP contribution in [0.1, 0.15) is 11.1 Å². The molecule has 0 aliphatic carbocycles. The van der Waals surface area contributed by atoms with Gasteiger partial charge in [0.05, 0.1) is 40.6 Å². The van der Waals surface area contributed by atoms with Gasteiger partial charge in [-0.1, -0.05) is 12.1 Å². The zero-order valence-electron chi connectivity index (χ0n) is 26.6. The first-order valence-electron chi connectivity index (χ1n) is 15.5. The normalized spacial score (nSPS) is 32.0. The summed E-state index contributed by atoms with van der Waals surface area (Å²) in [7, 11) is 2.79. The van der Waals surface area contributed by atoms with Crippen LogP contribution < -0.4 is 9.47 Å². The van der Waals surface area contributed by atoms with E-state index >= 15 is 0 Å². The zero-order chi connectivity index (χ0) is 35.1. The Morgan fingerprint density at radius 2 is 0.958 bits per heavy atom. The lowest BCUT2D eigenvalue weighted by molar-refractivity contribution is -0.308. The molecule has 0 radical (unpaired) electrons. The van der Waals surface area contributed by atoms with Crippen molar-refractivity contribution in [2.75, 3.05) is 40.6 Å². The predicted molar refractivity (Wildman–Crippen MR) is 163 cm³/mol. The zero-order valence-corrected chi connectivity index (χ0v) is 26.6. The second-order valence-corrected chi connectivity index (χ2v) is 12.0. The lowest BCUT2D eigenvalue weighted by atomic mass is 9.83. The Balaban J connectivity index is 1.66. The monoisotopic (exact) mass is 686 g/mol. The van der Waals surface area contributed by atoms with Crippen molar-refractivity contribution < 1.29 is 79.5 Å². The maximum Gasteiger partial charge on any atom is 0.186 e. The van der Waals surface area contributed by atoms with E-state index in [-0.39, 0.29) is 49.1 Å². The number of phenolic OH excluding ortho intramolecular Hbond substituents is 2. The molecule has 0 amide bonds. The number of methoxy groups -OCH3 is 2. The van der Waals surface area contributed by atoms with Crippen molar-refractivity contribution in [3.8, 4) is 23.0 Å². The van der Waals surface area contributed by atoms with Crippen LogP contribution >= 0.6 is 0 Å². The van der Waals surface area contributed by atoms with Gasteiger partial charge in [-0.15, -0.1) is 0 Å². The molecule has 2 aromatic rings. The molecule has 16 nitrogen and oxygen atoms in total. The molecule has 48 heavy (non-hydrogen) atoms. The molecular formula is C32H46O16. The van der Waals surface area contributed by atoms with E-state index in [1.54, 1.807) is 24.3 Å². The SMILES string of the molecule is COc1cc(C[C@@H](COC2OC(CO)C(O)C(O)C2O)[C@H](COC2OC(CO)C(O)C(O)C2O)Cc2ccc(O)c(OC)c2)ccc1O. The number of aromatic hydroxyl groups is 2. The Morgan fingerprint density at radius 3 is 1.29 bits per heavy atom. The summed E-state index contributed by atoms with van der Waals surface area (Å²) in [6.07, 6.45) is -14.7. The number of benzene rings is 2. The summed E-state index contributed by atoms with van der Waals surface area (Å²) in [6.45, 7) is -1.63. The van der Waals surface area contributed by atoms with E-state index in [1.807, 2.05) is 0 Å². The maximum atomic E-state index is 10.6. The molecule has 2 aliphatic heterocycles. The summed E-state index contributed by atoms with van der Waals surface area (Å²) in [4.78, 5) is 0. The number of hydrogen-bond acceptors (Lipinski definition) is 16. The van der Waals surface area contributed by atoms with Crippen LogP contribution in [-0.2, 0) is 31.8 Å². The highest BCUT2D eigenvalue weighted by Gasteiger charge is 2.46. The van der Waals surface area contributed by atoms with E-state index in [0.29, 0.717) is 11.1 Å². The first-order valence-corrected chi connectivity index (χ1v) is 15.5. The van der Waals surface area contributed by atoms with Crippen molar-refractivity contribution in [1.29, 1.82) is 0 Å². The quantitative estimate of drug-likeness (QED) is 0.0951. The van der Waals surface area contributed by atoms with Gasteiger partial charge in [0.25, 0.3) is 0 Å². The lowest BCUT2D eigenvalue weighted by Crippen LogP contribution is -2.59. The van der Waals surface area contributed by atoms with Crippen molar-refractivity contribution in [2.45, 2.75) is 74.3 Å². The van der Waals surface area contributed by atoms with Crippen LogP contribution in [0.4, 0.5) is 0 Å². The topological polar surface area (TPSA) is 258 Å². The van der Waals surface area contributed by atoms with Crippen LogP contribution in [0.15, 0.2) is 36.4 Å². The van der Waals surface area contributed by atoms with Gasteiger partial charge in [-0.2, -0.15) is 0 Å². The second kappa shape index (κ2) is 17.2. The van der Waals surface area contributed by atoms with Gasteiger partial charge in [0, 0.05) is 0 Å². The van der Waals surface area contributed by atoms with E-state index in [2.05, 4.69) is 0 Å².